The van der Waals surface area contributed by atoms with Gasteiger partial charge in [0.25, 0.3) is 5.91 Å². The van der Waals surface area contributed by atoms with Gasteiger partial charge in [0.05, 0.1) is 38.2 Å². The summed E-state index contributed by atoms with van der Waals surface area (Å²) >= 11 is 3.49. The molecule has 0 aliphatic carbocycles. The summed E-state index contributed by atoms with van der Waals surface area (Å²) in [6.07, 6.45) is 0.671. The maximum Gasteiger partial charge on any atom is 0.408 e. The largest absolute Gasteiger partial charge is 0.493 e. The first-order chi connectivity index (χ1) is 20.1. The van der Waals surface area contributed by atoms with E-state index < -0.39 is 23.6 Å². The predicted octanol–water partition coefficient (Wildman–Crippen LogP) is 5.47. The molecule has 10 nitrogen and oxygen atoms in total. The summed E-state index contributed by atoms with van der Waals surface area (Å²) < 4.78 is 23.0. The van der Waals surface area contributed by atoms with Gasteiger partial charge in [-0.2, -0.15) is 10.4 Å². The van der Waals surface area contributed by atoms with Crippen LogP contribution in [0.3, 0.4) is 0 Å². The highest BCUT2D eigenvalue weighted by molar-refractivity contribution is 9.10. The van der Waals surface area contributed by atoms with E-state index in [-0.39, 0.29) is 19.8 Å². The van der Waals surface area contributed by atoms with Crippen LogP contribution in [0.1, 0.15) is 43.0 Å². The molecule has 0 saturated carbocycles. The summed E-state index contributed by atoms with van der Waals surface area (Å²) in [6, 6.07) is 21.1. The molecule has 42 heavy (non-hydrogen) atoms. The molecule has 3 rings (SSSR count). The van der Waals surface area contributed by atoms with Crippen LogP contribution < -0.4 is 20.2 Å². The van der Waals surface area contributed by atoms with E-state index in [0.29, 0.717) is 27.1 Å². The fourth-order valence-electron chi connectivity index (χ4n) is 3.58. The molecule has 0 heterocycles. The van der Waals surface area contributed by atoms with Crippen molar-refractivity contribution in [2.45, 2.75) is 45.6 Å². The van der Waals surface area contributed by atoms with E-state index in [9.17, 15) is 14.9 Å². The molecule has 0 aliphatic rings. The molecule has 11 heteroatoms. The Morgan fingerprint density at radius 2 is 1.76 bits per heavy atom. The Kier molecular flexibility index (Phi) is 11.9. The van der Waals surface area contributed by atoms with Crippen molar-refractivity contribution < 1.29 is 28.5 Å². The summed E-state index contributed by atoms with van der Waals surface area (Å²) in [5.74, 6) is 0.291. The van der Waals surface area contributed by atoms with Crippen molar-refractivity contribution in [3.8, 4) is 17.6 Å². The molecular formula is C31H33BrN4O6. The number of methoxy groups -OCH3 is 1. The first kappa shape index (κ1) is 32.1. The van der Waals surface area contributed by atoms with Gasteiger partial charge in [0.1, 0.15) is 18.2 Å². The van der Waals surface area contributed by atoms with Crippen molar-refractivity contribution in [1.29, 1.82) is 5.26 Å². The van der Waals surface area contributed by atoms with Gasteiger partial charge >= 0.3 is 6.09 Å². The third-order valence-corrected chi connectivity index (χ3v) is 6.27. The highest BCUT2D eigenvalue weighted by Gasteiger charge is 2.24. The lowest BCUT2D eigenvalue weighted by Crippen LogP contribution is -2.49. The van der Waals surface area contributed by atoms with Crippen LogP contribution in [0.4, 0.5) is 4.79 Å². The maximum atomic E-state index is 13.0. The molecule has 0 saturated heterocycles. The van der Waals surface area contributed by atoms with Crippen LogP contribution in [0.15, 0.2) is 76.3 Å². The number of hydrogen-bond donors (Lipinski definition) is 2. The van der Waals surface area contributed by atoms with Gasteiger partial charge in [-0.25, -0.2) is 10.2 Å². The van der Waals surface area contributed by atoms with Crippen LogP contribution in [-0.2, 0) is 27.5 Å². The Morgan fingerprint density at radius 1 is 1.05 bits per heavy atom. The topological polar surface area (TPSA) is 131 Å². The van der Waals surface area contributed by atoms with Crippen molar-refractivity contribution in [2.24, 2.45) is 5.10 Å². The Hall–Kier alpha value is -4.40. The van der Waals surface area contributed by atoms with Gasteiger partial charge < -0.3 is 24.3 Å². The van der Waals surface area contributed by atoms with Crippen LogP contribution >= 0.6 is 15.9 Å². The van der Waals surface area contributed by atoms with E-state index in [1.54, 1.807) is 45.0 Å². The molecular weight excluding hydrogens is 604 g/mol. The van der Waals surface area contributed by atoms with E-state index in [4.69, 9.17) is 18.9 Å². The van der Waals surface area contributed by atoms with Gasteiger partial charge in [0.2, 0.25) is 0 Å². The molecule has 0 aliphatic heterocycles. The Labute approximate surface area is 253 Å². The summed E-state index contributed by atoms with van der Waals surface area (Å²) in [6.45, 7) is 5.51. The number of carbonyl (C=O) groups excluding carboxylic acids is 2. The van der Waals surface area contributed by atoms with Crippen molar-refractivity contribution in [2.75, 3.05) is 13.7 Å². The number of halogens is 1. The van der Waals surface area contributed by atoms with Crippen molar-refractivity contribution in [3.05, 3.63) is 93.5 Å². The predicted molar refractivity (Wildman–Crippen MR) is 161 cm³/mol. The van der Waals surface area contributed by atoms with E-state index in [1.807, 2.05) is 42.5 Å². The summed E-state index contributed by atoms with van der Waals surface area (Å²) in [7, 11) is 1.50. The number of hydrazone groups is 1. The second-order valence-electron chi connectivity index (χ2n) is 10.0. The first-order valence-corrected chi connectivity index (χ1v) is 13.8. The Balaban J connectivity index is 1.67. The second-order valence-corrected chi connectivity index (χ2v) is 10.9. The molecule has 0 spiro atoms. The number of rotatable bonds is 12. The van der Waals surface area contributed by atoms with Gasteiger partial charge in [-0.3, -0.25) is 4.79 Å². The third kappa shape index (κ3) is 10.2. The molecule has 0 radical (unpaired) electrons. The lowest BCUT2D eigenvalue weighted by atomic mass is 10.1. The summed E-state index contributed by atoms with van der Waals surface area (Å²) in [5.41, 5.74) is 4.49. The number of amides is 2. The molecule has 2 amide bonds. The zero-order valence-electron chi connectivity index (χ0n) is 23.8. The van der Waals surface area contributed by atoms with E-state index in [2.05, 4.69) is 37.8 Å². The van der Waals surface area contributed by atoms with Crippen LogP contribution in [0.2, 0.25) is 0 Å². The first-order valence-electron chi connectivity index (χ1n) is 13.0. The molecule has 0 unspecified atom stereocenters. The monoisotopic (exact) mass is 636 g/mol. The minimum Gasteiger partial charge on any atom is -0.493 e. The van der Waals surface area contributed by atoms with Crippen molar-refractivity contribution in [3.63, 3.8) is 0 Å². The minimum absolute atomic E-state index is 0.103. The molecule has 0 bridgehead atoms. The standard InChI is InChI=1S/C31H33BrN4O6/c1-31(2,3)42-30(38)35-26(20-40-18-21-10-6-5-7-11-21)29(37)36-34-17-24-14-27(39-4)28(15-25(24)32)41-19-23-13-9-8-12-22(23)16-33/h5-15,17,26H,18-20H2,1-4H3,(H,35,38)(H,36,37)/b34-17-/t26-/m0/s1. The minimum atomic E-state index is -1.06. The quantitative estimate of drug-likeness (QED) is 0.199. The smallest absolute Gasteiger partial charge is 0.408 e. The van der Waals surface area contributed by atoms with Crippen molar-refractivity contribution >= 4 is 34.1 Å². The normalized spacial score (nSPS) is 11.8. The second kappa shape index (κ2) is 15.6. The zero-order chi connectivity index (χ0) is 30.5. The number of hydrogen-bond acceptors (Lipinski definition) is 8. The lowest BCUT2D eigenvalue weighted by Gasteiger charge is -2.22. The number of carbonyl (C=O) groups is 2. The highest BCUT2D eigenvalue weighted by Crippen LogP contribution is 2.33. The molecule has 3 aromatic carbocycles. The lowest BCUT2D eigenvalue weighted by molar-refractivity contribution is -0.124. The average Bonchev–Trinajstić information content (AvgIpc) is 2.96. The molecule has 3 aromatic rings. The van der Waals surface area contributed by atoms with Gasteiger partial charge in [-0.15, -0.1) is 0 Å². The molecule has 220 valence electrons. The van der Waals surface area contributed by atoms with Crippen LogP contribution in [0.5, 0.6) is 11.5 Å². The van der Waals surface area contributed by atoms with Gasteiger partial charge in [0, 0.05) is 15.6 Å². The van der Waals surface area contributed by atoms with Gasteiger partial charge in [-0.1, -0.05) is 48.5 Å². The maximum absolute atomic E-state index is 13.0. The average molecular weight is 638 g/mol. The van der Waals surface area contributed by atoms with Crippen LogP contribution in [0, 0.1) is 11.3 Å². The number of benzene rings is 3. The van der Waals surface area contributed by atoms with Gasteiger partial charge in [0.15, 0.2) is 11.5 Å². The molecule has 0 aromatic heterocycles. The molecule has 1 atom stereocenters. The summed E-state index contributed by atoms with van der Waals surface area (Å²) in [4.78, 5) is 25.3. The number of ether oxygens (including phenoxy) is 4. The molecule has 2 N–H and O–H groups in total. The Morgan fingerprint density at radius 3 is 2.45 bits per heavy atom. The van der Waals surface area contributed by atoms with E-state index in [1.165, 1.54) is 13.3 Å². The Bertz CT molecular complexity index is 1430. The third-order valence-electron chi connectivity index (χ3n) is 5.59. The van der Waals surface area contributed by atoms with Crippen LogP contribution in [-0.4, -0.2) is 43.6 Å². The zero-order valence-corrected chi connectivity index (χ0v) is 25.4. The number of nitriles is 1. The molecule has 0 fully saturated rings. The van der Waals surface area contributed by atoms with E-state index >= 15 is 0 Å². The number of alkyl carbamates (subject to hydrolysis) is 1. The highest BCUT2D eigenvalue weighted by atomic mass is 79.9. The van der Waals surface area contributed by atoms with Crippen LogP contribution in [0.25, 0.3) is 0 Å². The van der Waals surface area contributed by atoms with Crippen molar-refractivity contribution in [1.82, 2.24) is 10.7 Å². The number of nitrogens with zero attached hydrogens (tertiary/aromatic N) is 2. The fourth-order valence-corrected chi connectivity index (χ4v) is 4.00. The number of nitrogens with one attached hydrogen (secondary N) is 2. The SMILES string of the molecule is COc1cc(/C=N\NC(=O)[C@H](COCc2ccccc2)NC(=O)OC(C)(C)C)c(Br)cc1OCc1ccccc1C#N. The van der Waals surface area contributed by atoms with E-state index in [0.717, 1.165) is 11.1 Å². The van der Waals surface area contributed by atoms with Gasteiger partial charge in [-0.05, 0) is 60.5 Å². The fraction of sp³-hybridized carbons (Fsp3) is 0.290. The summed E-state index contributed by atoms with van der Waals surface area (Å²) in [5, 5.41) is 15.9.